The van der Waals surface area contributed by atoms with E-state index in [9.17, 15) is 9.50 Å². The Morgan fingerprint density at radius 1 is 1.11 bits per heavy atom. The van der Waals surface area contributed by atoms with Crippen molar-refractivity contribution in [3.63, 3.8) is 0 Å². The predicted octanol–water partition coefficient (Wildman–Crippen LogP) is 3.21. The second-order valence-electron chi connectivity index (χ2n) is 7.66. The summed E-state index contributed by atoms with van der Waals surface area (Å²) < 4.78 is 18.7. The summed E-state index contributed by atoms with van der Waals surface area (Å²) in [6.45, 7) is 5.41. The van der Waals surface area contributed by atoms with Crippen LogP contribution in [-0.4, -0.2) is 47.9 Å². The normalized spacial score (nSPS) is 18.2. The van der Waals surface area contributed by atoms with Crippen molar-refractivity contribution in [2.75, 3.05) is 26.2 Å². The average Bonchev–Trinajstić information content (AvgIpc) is 2.69. The molecule has 4 nitrogen and oxygen atoms in total. The van der Waals surface area contributed by atoms with Crippen molar-refractivity contribution in [1.82, 2.24) is 10.2 Å². The maximum absolute atomic E-state index is 13.0. The molecule has 146 valence electrons. The average molecular weight is 372 g/mol. The molecule has 0 aliphatic carbocycles. The number of piperidine rings is 1. The van der Waals surface area contributed by atoms with Gasteiger partial charge in [0, 0.05) is 19.1 Å². The zero-order valence-corrected chi connectivity index (χ0v) is 15.9. The molecule has 27 heavy (non-hydrogen) atoms. The predicted molar refractivity (Wildman–Crippen MR) is 105 cm³/mol. The zero-order chi connectivity index (χ0) is 19.1. The molecule has 2 N–H and O–H groups in total. The molecule has 2 aromatic carbocycles. The van der Waals surface area contributed by atoms with Crippen molar-refractivity contribution >= 4 is 0 Å². The quantitative estimate of drug-likeness (QED) is 0.747. The Kier molecular flexibility index (Phi) is 6.83. The SMILES string of the molecule is CC(O)(CNC1CCN(Cc2ccc(F)cc2)CC1)COc1ccccc1. The molecule has 1 heterocycles. The topological polar surface area (TPSA) is 44.7 Å². The highest BCUT2D eigenvalue weighted by Gasteiger charge is 2.25. The van der Waals surface area contributed by atoms with Crippen molar-refractivity contribution in [3.8, 4) is 5.75 Å². The van der Waals surface area contributed by atoms with E-state index in [1.165, 1.54) is 12.1 Å². The fourth-order valence-electron chi connectivity index (χ4n) is 3.31. The van der Waals surface area contributed by atoms with E-state index in [-0.39, 0.29) is 12.4 Å². The first-order valence-electron chi connectivity index (χ1n) is 9.61. The minimum atomic E-state index is -0.916. The molecule has 5 heteroatoms. The maximum atomic E-state index is 13.0. The lowest BCUT2D eigenvalue weighted by atomic mass is 10.0. The number of rotatable bonds is 8. The summed E-state index contributed by atoms with van der Waals surface area (Å²) in [5, 5.41) is 14.0. The lowest BCUT2D eigenvalue weighted by Crippen LogP contribution is -2.49. The van der Waals surface area contributed by atoms with Crippen LogP contribution >= 0.6 is 0 Å². The van der Waals surface area contributed by atoms with Crippen LogP contribution in [0.4, 0.5) is 4.39 Å². The van der Waals surface area contributed by atoms with Gasteiger partial charge in [0.2, 0.25) is 0 Å². The number of hydrogen-bond acceptors (Lipinski definition) is 4. The third-order valence-electron chi connectivity index (χ3n) is 4.97. The van der Waals surface area contributed by atoms with Crippen molar-refractivity contribution in [3.05, 3.63) is 66.0 Å². The summed E-state index contributed by atoms with van der Waals surface area (Å²) in [6, 6.07) is 16.7. The fraction of sp³-hybridized carbons (Fsp3) is 0.455. The van der Waals surface area contributed by atoms with E-state index in [0.29, 0.717) is 12.6 Å². The Bertz CT molecular complexity index is 683. The maximum Gasteiger partial charge on any atom is 0.123 e. The number of nitrogens with zero attached hydrogens (tertiary/aromatic N) is 1. The Balaban J connectivity index is 1.36. The van der Waals surface area contributed by atoms with Crippen LogP contribution in [0.15, 0.2) is 54.6 Å². The standard InChI is InChI=1S/C22H29FN2O2/c1-22(26,17-27-21-5-3-2-4-6-21)16-24-20-11-13-25(14-12-20)15-18-7-9-19(23)10-8-18/h2-10,20,24,26H,11-17H2,1H3. The molecule has 3 rings (SSSR count). The van der Waals surface area contributed by atoms with Gasteiger partial charge in [-0.2, -0.15) is 0 Å². The molecule has 1 aliphatic heterocycles. The number of aliphatic hydroxyl groups is 1. The van der Waals surface area contributed by atoms with Gasteiger partial charge in [0.25, 0.3) is 0 Å². The molecule has 0 spiro atoms. The first-order chi connectivity index (χ1) is 13.0. The van der Waals surface area contributed by atoms with Gasteiger partial charge in [-0.05, 0) is 62.7 Å². The molecule has 1 fully saturated rings. The highest BCUT2D eigenvalue weighted by molar-refractivity contribution is 5.21. The van der Waals surface area contributed by atoms with E-state index in [1.54, 1.807) is 6.92 Å². The largest absolute Gasteiger partial charge is 0.491 e. The summed E-state index contributed by atoms with van der Waals surface area (Å²) in [7, 11) is 0. The third kappa shape index (κ3) is 6.61. The Labute approximate surface area is 161 Å². The molecule has 0 aromatic heterocycles. The van der Waals surface area contributed by atoms with Gasteiger partial charge in [-0.1, -0.05) is 30.3 Å². The third-order valence-corrected chi connectivity index (χ3v) is 4.97. The van der Waals surface area contributed by atoms with Crippen molar-refractivity contribution in [2.24, 2.45) is 0 Å². The smallest absolute Gasteiger partial charge is 0.123 e. The molecule has 1 unspecified atom stereocenters. The number of para-hydroxylation sites is 1. The highest BCUT2D eigenvalue weighted by Crippen LogP contribution is 2.16. The Morgan fingerprint density at radius 2 is 1.78 bits per heavy atom. The van der Waals surface area contributed by atoms with E-state index < -0.39 is 5.60 Å². The van der Waals surface area contributed by atoms with E-state index in [0.717, 1.165) is 43.8 Å². The molecule has 0 saturated carbocycles. The Hall–Kier alpha value is -1.95. The summed E-state index contributed by atoms with van der Waals surface area (Å²) in [6.07, 6.45) is 2.08. The van der Waals surface area contributed by atoms with Gasteiger partial charge < -0.3 is 15.2 Å². The van der Waals surface area contributed by atoms with Crippen molar-refractivity contribution in [2.45, 2.75) is 38.0 Å². The number of nitrogens with one attached hydrogen (secondary N) is 1. The molecule has 1 atom stereocenters. The van der Waals surface area contributed by atoms with E-state index in [2.05, 4.69) is 10.2 Å². The van der Waals surface area contributed by atoms with Crippen LogP contribution in [0.3, 0.4) is 0 Å². The number of benzene rings is 2. The second-order valence-corrected chi connectivity index (χ2v) is 7.66. The summed E-state index contributed by atoms with van der Waals surface area (Å²) >= 11 is 0. The van der Waals surface area contributed by atoms with Gasteiger partial charge >= 0.3 is 0 Å². The van der Waals surface area contributed by atoms with Crippen molar-refractivity contribution in [1.29, 1.82) is 0 Å². The number of likely N-dealkylation sites (tertiary alicyclic amines) is 1. The fourth-order valence-corrected chi connectivity index (χ4v) is 3.31. The minimum Gasteiger partial charge on any atom is -0.491 e. The molecule has 0 radical (unpaired) electrons. The van der Waals surface area contributed by atoms with Crippen LogP contribution in [0, 0.1) is 5.82 Å². The number of ether oxygens (including phenoxy) is 1. The monoisotopic (exact) mass is 372 g/mol. The molecule has 0 amide bonds. The summed E-state index contributed by atoms with van der Waals surface area (Å²) in [5.74, 6) is 0.580. The lowest BCUT2D eigenvalue weighted by Gasteiger charge is -2.34. The summed E-state index contributed by atoms with van der Waals surface area (Å²) in [4.78, 5) is 2.39. The second kappa shape index (κ2) is 9.31. The number of halogens is 1. The van der Waals surface area contributed by atoms with Crippen molar-refractivity contribution < 1.29 is 14.2 Å². The lowest BCUT2D eigenvalue weighted by molar-refractivity contribution is 0.00815. The highest BCUT2D eigenvalue weighted by atomic mass is 19.1. The van der Waals surface area contributed by atoms with E-state index in [1.807, 2.05) is 42.5 Å². The zero-order valence-electron chi connectivity index (χ0n) is 15.9. The van der Waals surface area contributed by atoms with Gasteiger partial charge in [0.1, 0.15) is 23.8 Å². The first kappa shape index (κ1) is 19.8. The minimum absolute atomic E-state index is 0.190. The van der Waals surface area contributed by atoms with Crippen LogP contribution < -0.4 is 10.1 Å². The van der Waals surface area contributed by atoms with Crippen LogP contribution in [0.1, 0.15) is 25.3 Å². The van der Waals surface area contributed by atoms with E-state index in [4.69, 9.17) is 4.74 Å². The number of hydrogen-bond donors (Lipinski definition) is 2. The molecule has 2 aromatic rings. The van der Waals surface area contributed by atoms with Gasteiger partial charge in [-0.25, -0.2) is 4.39 Å². The molecular weight excluding hydrogens is 343 g/mol. The van der Waals surface area contributed by atoms with Gasteiger partial charge in [-0.15, -0.1) is 0 Å². The van der Waals surface area contributed by atoms with E-state index >= 15 is 0 Å². The van der Waals surface area contributed by atoms with Crippen LogP contribution in [0.5, 0.6) is 5.75 Å². The molecule has 1 aliphatic rings. The first-order valence-corrected chi connectivity index (χ1v) is 9.61. The Morgan fingerprint density at radius 3 is 2.44 bits per heavy atom. The van der Waals surface area contributed by atoms with Crippen LogP contribution in [-0.2, 0) is 6.54 Å². The van der Waals surface area contributed by atoms with Gasteiger partial charge in [-0.3, -0.25) is 4.90 Å². The van der Waals surface area contributed by atoms with Crippen LogP contribution in [0.2, 0.25) is 0 Å². The summed E-state index contributed by atoms with van der Waals surface area (Å²) in [5.41, 5.74) is 0.227. The molecular formula is C22H29FN2O2. The van der Waals surface area contributed by atoms with Gasteiger partial charge in [0.05, 0.1) is 0 Å². The molecule has 0 bridgehead atoms. The van der Waals surface area contributed by atoms with Crippen LogP contribution in [0.25, 0.3) is 0 Å². The van der Waals surface area contributed by atoms with Gasteiger partial charge in [0.15, 0.2) is 0 Å². The molecule has 1 saturated heterocycles.